The highest BCUT2D eigenvalue weighted by Crippen LogP contribution is 2.27. The van der Waals surface area contributed by atoms with Gasteiger partial charge in [-0.25, -0.2) is 0 Å². The molecule has 2 rings (SSSR count). The first-order valence-electron chi connectivity index (χ1n) is 6.80. The molecule has 0 aliphatic heterocycles. The smallest absolute Gasteiger partial charge is 0.387 e. The molecule has 1 amide bonds. The van der Waals surface area contributed by atoms with Gasteiger partial charge in [0.2, 0.25) is 5.91 Å². The summed E-state index contributed by atoms with van der Waals surface area (Å²) in [5.74, 6) is -0.757. The molecule has 24 heavy (non-hydrogen) atoms. The van der Waals surface area contributed by atoms with Crippen LogP contribution in [0.4, 0.5) is 20.2 Å². The van der Waals surface area contributed by atoms with Crippen molar-refractivity contribution in [2.45, 2.75) is 27.0 Å². The van der Waals surface area contributed by atoms with Crippen molar-refractivity contribution in [2.24, 2.45) is 0 Å². The van der Waals surface area contributed by atoms with Gasteiger partial charge in [0.05, 0.1) is 10.6 Å². The third-order valence-electron chi connectivity index (χ3n) is 3.19. The number of rotatable bonds is 6. The molecule has 8 nitrogen and oxygen atoms in total. The van der Waals surface area contributed by atoms with Crippen molar-refractivity contribution in [1.82, 2.24) is 9.78 Å². The second-order valence-electron chi connectivity index (χ2n) is 4.96. The maximum atomic E-state index is 12.4. The molecule has 0 atom stereocenters. The van der Waals surface area contributed by atoms with Gasteiger partial charge >= 0.3 is 12.3 Å². The van der Waals surface area contributed by atoms with E-state index in [1.165, 1.54) is 19.1 Å². The zero-order valence-electron chi connectivity index (χ0n) is 12.8. The summed E-state index contributed by atoms with van der Waals surface area (Å²) in [5, 5.41) is 17.0. The predicted molar refractivity (Wildman–Crippen MR) is 80.1 cm³/mol. The third kappa shape index (κ3) is 4.03. The number of amides is 1. The molecular formula is C14H14F2N4O4. The number of benzene rings is 1. The van der Waals surface area contributed by atoms with Crippen molar-refractivity contribution in [1.29, 1.82) is 0 Å². The monoisotopic (exact) mass is 340 g/mol. The van der Waals surface area contributed by atoms with E-state index in [0.717, 1.165) is 16.4 Å². The molecule has 0 aliphatic rings. The summed E-state index contributed by atoms with van der Waals surface area (Å²) in [5.41, 5.74) is 0.820. The molecule has 2 aromatic rings. The van der Waals surface area contributed by atoms with Crippen molar-refractivity contribution in [3.63, 3.8) is 0 Å². The Morgan fingerprint density at radius 1 is 1.46 bits per heavy atom. The molecule has 10 heteroatoms. The maximum Gasteiger partial charge on any atom is 0.387 e. The topological polar surface area (TPSA) is 99.3 Å². The van der Waals surface area contributed by atoms with E-state index in [4.69, 9.17) is 0 Å². The number of carbonyl (C=O) groups is 1. The maximum absolute atomic E-state index is 12.4. The van der Waals surface area contributed by atoms with Gasteiger partial charge in [0.15, 0.2) is 0 Å². The van der Waals surface area contributed by atoms with Gasteiger partial charge in [0.25, 0.3) is 0 Å². The summed E-state index contributed by atoms with van der Waals surface area (Å²) in [4.78, 5) is 22.2. The fraction of sp³-hybridized carbons (Fsp3) is 0.286. The molecular weight excluding hydrogens is 326 g/mol. The highest BCUT2D eigenvalue weighted by Gasteiger charge is 2.19. The lowest BCUT2D eigenvalue weighted by Crippen LogP contribution is -2.21. The van der Waals surface area contributed by atoms with E-state index in [0.29, 0.717) is 0 Å². The molecule has 0 radical (unpaired) electrons. The molecule has 0 unspecified atom stereocenters. The van der Waals surface area contributed by atoms with Gasteiger partial charge in [0, 0.05) is 0 Å². The lowest BCUT2D eigenvalue weighted by Gasteiger charge is -2.13. The van der Waals surface area contributed by atoms with Crippen LogP contribution < -0.4 is 10.1 Å². The van der Waals surface area contributed by atoms with E-state index in [1.54, 1.807) is 13.0 Å². The standard InChI is InChI=1S/C14H14F2N4O4/c1-8-3-4-12(24-14(15)16)10(5-8)18-13(21)7-19-9(2)11(6-17-19)20(22)23/h3-6,14H,7H2,1-2H3,(H,18,21). The Kier molecular flexibility index (Phi) is 5.07. The summed E-state index contributed by atoms with van der Waals surface area (Å²) >= 11 is 0. The average Bonchev–Trinajstić information content (AvgIpc) is 2.83. The molecule has 1 aromatic carbocycles. The molecule has 0 aliphatic carbocycles. The van der Waals surface area contributed by atoms with Crippen LogP contribution in [-0.2, 0) is 11.3 Å². The number of aromatic nitrogens is 2. The number of nitro groups is 1. The van der Waals surface area contributed by atoms with Gasteiger partial charge in [-0.3, -0.25) is 19.6 Å². The van der Waals surface area contributed by atoms with Crippen molar-refractivity contribution in [3.05, 3.63) is 45.8 Å². The highest BCUT2D eigenvalue weighted by molar-refractivity contribution is 5.92. The number of alkyl halides is 2. The molecule has 1 N–H and O–H groups in total. The van der Waals surface area contributed by atoms with E-state index in [9.17, 15) is 23.7 Å². The van der Waals surface area contributed by atoms with Crippen LogP contribution in [0.5, 0.6) is 5.75 Å². The normalized spacial score (nSPS) is 10.7. The zero-order valence-corrected chi connectivity index (χ0v) is 12.8. The second kappa shape index (κ2) is 7.02. The molecule has 0 saturated heterocycles. The van der Waals surface area contributed by atoms with Gasteiger partial charge in [-0.1, -0.05) is 6.07 Å². The van der Waals surface area contributed by atoms with Crippen LogP contribution >= 0.6 is 0 Å². The largest absolute Gasteiger partial charge is 0.433 e. The minimum atomic E-state index is -3.03. The summed E-state index contributed by atoms with van der Waals surface area (Å²) in [6, 6.07) is 4.36. The van der Waals surface area contributed by atoms with E-state index < -0.39 is 17.4 Å². The summed E-state index contributed by atoms with van der Waals surface area (Å²) in [6.45, 7) is -0.152. The van der Waals surface area contributed by atoms with Crippen LogP contribution in [0, 0.1) is 24.0 Å². The summed E-state index contributed by atoms with van der Waals surface area (Å²) in [6.07, 6.45) is 1.04. The SMILES string of the molecule is Cc1ccc(OC(F)F)c(NC(=O)Cn2ncc([N+](=O)[O-])c2C)c1. The van der Waals surface area contributed by atoms with Gasteiger partial charge in [-0.15, -0.1) is 0 Å². The predicted octanol–water partition coefficient (Wildman–Crippen LogP) is 2.65. The Morgan fingerprint density at radius 2 is 2.17 bits per heavy atom. The molecule has 0 spiro atoms. The number of halogens is 2. The molecule has 128 valence electrons. The minimum Gasteiger partial charge on any atom is -0.433 e. The highest BCUT2D eigenvalue weighted by atomic mass is 19.3. The van der Waals surface area contributed by atoms with Crippen molar-refractivity contribution in [2.75, 3.05) is 5.32 Å². The molecule has 0 fully saturated rings. The number of aryl methyl sites for hydroxylation is 1. The first-order chi connectivity index (χ1) is 11.3. The Balaban J connectivity index is 2.15. The summed E-state index contributed by atoms with van der Waals surface area (Å²) < 4.78 is 30.3. The van der Waals surface area contributed by atoms with Crippen molar-refractivity contribution < 1.29 is 23.2 Å². The quantitative estimate of drug-likeness (QED) is 0.644. The number of hydrogen-bond acceptors (Lipinski definition) is 5. The van der Waals surface area contributed by atoms with Crippen molar-refractivity contribution >= 4 is 17.3 Å². The lowest BCUT2D eigenvalue weighted by atomic mass is 10.2. The van der Waals surface area contributed by atoms with E-state index in [2.05, 4.69) is 15.2 Å². The number of hydrogen-bond donors (Lipinski definition) is 1. The second-order valence-corrected chi connectivity index (χ2v) is 4.96. The van der Waals surface area contributed by atoms with E-state index >= 15 is 0 Å². The van der Waals surface area contributed by atoms with Crippen LogP contribution in [0.15, 0.2) is 24.4 Å². The molecule has 1 heterocycles. The van der Waals surface area contributed by atoms with Gasteiger partial charge in [-0.2, -0.15) is 13.9 Å². The number of ether oxygens (including phenoxy) is 1. The van der Waals surface area contributed by atoms with Crippen molar-refractivity contribution in [3.8, 4) is 5.75 Å². The molecule has 0 saturated carbocycles. The van der Waals surface area contributed by atoms with Gasteiger partial charge in [0.1, 0.15) is 24.2 Å². The van der Waals surface area contributed by atoms with Gasteiger partial charge < -0.3 is 10.1 Å². The fourth-order valence-electron chi connectivity index (χ4n) is 2.04. The molecule has 1 aromatic heterocycles. The zero-order chi connectivity index (χ0) is 17.9. The Hall–Kier alpha value is -3.04. The minimum absolute atomic E-state index is 0.0830. The lowest BCUT2D eigenvalue weighted by molar-refractivity contribution is -0.385. The van der Waals surface area contributed by atoms with Crippen LogP contribution in [0.1, 0.15) is 11.3 Å². The first kappa shape index (κ1) is 17.3. The number of nitrogens with one attached hydrogen (secondary N) is 1. The van der Waals surface area contributed by atoms with Gasteiger partial charge in [-0.05, 0) is 31.5 Å². The average molecular weight is 340 g/mol. The Morgan fingerprint density at radius 3 is 2.75 bits per heavy atom. The Labute approximate surface area is 135 Å². The van der Waals surface area contributed by atoms with Crippen LogP contribution in [-0.4, -0.2) is 27.2 Å². The number of anilines is 1. The summed E-state index contributed by atoms with van der Waals surface area (Å²) in [7, 11) is 0. The Bertz CT molecular complexity index is 776. The van der Waals surface area contributed by atoms with Crippen LogP contribution in [0.25, 0.3) is 0 Å². The van der Waals surface area contributed by atoms with E-state index in [1.807, 2.05) is 0 Å². The first-order valence-corrected chi connectivity index (χ1v) is 6.80. The molecule has 0 bridgehead atoms. The third-order valence-corrected chi connectivity index (χ3v) is 3.19. The number of nitrogens with zero attached hydrogens (tertiary/aromatic N) is 3. The van der Waals surface area contributed by atoms with E-state index in [-0.39, 0.29) is 29.4 Å². The van der Waals surface area contributed by atoms with Crippen LogP contribution in [0.2, 0.25) is 0 Å². The van der Waals surface area contributed by atoms with Crippen LogP contribution in [0.3, 0.4) is 0 Å². The fourth-order valence-corrected chi connectivity index (χ4v) is 2.04. The number of carbonyl (C=O) groups excluding carboxylic acids is 1.